The van der Waals surface area contributed by atoms with Crippen LogP contribution >= 0.6 is 11.8 Å². The molecule has 86 valence electrons. The van der Waals surface area contributed by atoms with E-state index in [2.05, 4.69) is 9.97 Å². The highest BCUT2D eigenvalue weighted by molar-refractivity contribution is 7.99. The number of aromatic nitrogens is 2. The van der Waals surface area contributed by atoms with E-state index in [1.807, 2.05) is 36.2 Å². The number of nitrogens with zero attached hydrogens (tertiary/aromatic N) is 1. The smallest absolute Gasteiger partial charge is 0.327 e. The summed E-state index contributed by atoms with van der Waals surface area (Å²) in [6, 6.07) is 7.74. The zero-order valence-corrected chi connectivity index (χ0v) is 9.80. The fraction of sp³-hybridized carbons (Fsp3) is 0.0909. The molecule has 0 saturated carbocycles. The number of H-pyrrole nitrogens is 2. The number of rotatable bonds is 0. The van der Waals surface area contributed by atoms with Crippen LogP contribution in [0.5, 0.6) is 0 Å². The molecule has 2 heterocycles. The largest absolute Gasteiger partial charge is 0.329 e. The van der Waals surface area contributed by atoms with Gasteiger partial charge in [0.2, 0.25) is 0 Å². The Labute approximate surface area is 100 Å². The topological polar surface area (TPSA) is 69.0 Å². The molecule has 0 spiro atoms. The molecule has 1 aromatic heterocycles. The van der Waals surface area contributed by atoms with Gasteiger partial charge in [0.1, 0.15) is 10.7 Å². The molecule has 0 fully saturated rings. The first-order valence-electron chi connectivity index (χ1n) is 5.04. The number of hydrogen-bond donors (Lipinski definition) is 2. The standard InChI is InChI=1S/C11H9N3O2S/c1-14-6-4-2-3-5-7(6)17-8-9(14)12-11(16)13-10(8)15/h2-5H,1H3,(H2,12,13,15,16). The van der Waals surface area contributed by atoms with Crippen LogP contribution in [0.3, 0.4) is 0 Å². The number of fused-ring (bicyclic) bond motifs is 2. The number of para-hydroxylation sites is 1. The van der Waals surface area contributed by atoms with Gasteiger partial charge in [-0.15, -0.1) is 0 Å². The third-order valence-electron chi connectivity index (χ3n) is 2.65. The van der Waals surface area contributed by atoms with Crippen molar-refractivity contribution in [3.63, 3.8) is 0 Å². The first-order chi connectivity index (χ1) is 8.16. The molecule has 0 saturated heterocycles. The van der Waals surface area contributed by atoms with Gasteiger partial charge in [-0.1, -0.05) is 23.9 Å². The first kappa shape index (κ1) is 10.2. The third-order valence-corrected chi connectivity index (χ3v) is 3.80. The molecule has 0 aliphatic carbocycles. The Balaban J connectivity index is 2.30. The van der Waals surface area contributed by atoms with Gasteiger partial charge in [0.25, 0.3) is 5.56 Å². The number of benzene rings is 1. The van der Waals surface area contributed by atoms with Gasteiger partial charge in [-0.25, -0.2) is 4.79 Å². The van der Waals surface area contributed by atoms with Crippen LogP contribution in [0, 0.1) is 0 Å². The summed E-state index contributed by atoms with van der Waals surface area (Å²) in [4.78, 5) is 31.2. The summed E-state index contributed by atoms with van der Waals surface area (Å²) in [7, 11) is 1.83. The minimum Gasteiger partial charge on any atom is -0.329 e. The first-order valence-corrected chi connectivity index (χ1v) is 5.85. The zero-order chi connectivity index (χ0) is 12.0. The summed E-state index contributed by atoms with van der Waals surface area (Å²) in [6.07, 6.45) is 0. The molecule has 1 aliphatic rings. The number of anilines is 2. The summed E-state index contributed by atoms with van der Waals surface area (Å²) >= 11 is 1.37. The van der Waals surface area contributed by atoms with Gasteiger partial charge in [0.15, 0.2) is 0 Å². The Morgan fingerprint density at radius 1 is 1.18 bits per heavy atom. The SMILES string of the molecule is CN1c2ccccc2Sc2c1[nH]c(=O)[nH]c2=O. The van der Waals surface area contributed by atoms with Crippen molar-refractivity contribution in [3.05, 3.63) is 45.1 Å². The minimum atomic E-state index is -0.486. The van der Waals surface area contributed by atoms with E-state index in [9.17, 15) is 9.59 Å². The molecule has 1 aliphatic heterocycles. The molecule has 0 unspecified atom stereocenters. The Hall–Kier alpha value is -1.95. The van der Waals surface area contributed by atoms with E-state index in [0.29, 0.717) is 10.7 Å². The van der Waals surface area contributed by atoms with Gasteiger partial charge >= 0.3 is 5.69 Å². The van der Waals surface area contributed by atoms with Crippen LogP contribution in [-0.2, 0) is 0 Å². The molecule has 6 heteroatoms. The van der Waals surface area contributed by atoms with Gasteiger partial charge in [0, 0.05) is 11.9 Å². The van der Waals surface area contributed by atoms with Crippen LogP contribution in [-0.4, -0.2) is 17.0 Å². The Morgan fingerprint density at radius 3 is 2.76 bits per heavy atom. The van der Waals surface area contributed by atoms with Gasteiger partial charge in [-0.2, -0.15) is 0 Å². The van der Waals surface area contributed by atoms with E-state index < -0.39 is 5.69 Å². The van der Waals surface area contributed by atoms with Crippen molar-refractivity contribution < 1.29 is 0 Å². The van der Waals surface area contributed by atoms with Crippen molar-refractivity contribution in [2.24, 2.45) is 0 Å². The summed E-state index contributed by atoms with van der Waals surface area (Å²) in [5.41, 5.74) is 0.141. The Kier molecular flexibility index (Phi) is 2.12. The number of nitrogens with one attached hydrogen (secondary N) is 2. The lowest BCUT2D eigenvalue weighted by Crippen LogP contribution is -2.29. The van der Waals surface area contributed by atoms with Gasteiger partial charge in [-0.3, -0.25) is 14.8 Å². The van der Waals surface area contributed by atoms with E-state index in [4.69, 9.17) is 0 Å². The second kappa shape index (κ2) is 3.53. The van der Waals surface area contributed by atoms with Crippen molar-refractivity contribution in [2.45, 2.75) is 9.79 Å². The fourth-order valence-electron chi connectivity index (χ4n) is 1.84. The van der Waals surface area contributed by atoms with Crippen LogP contribution in [0.25, 0.3) is 0 Å². The van der Waals surface area contributed by atoms with Crippen molar-refractivity contribution >= 4 is 23.3 Å². The monoisotopic (exact) mass is 247 g/mol. The zero-order valence-electron chi connectivity index (χ0n) is 8.98. The summed E-state index contributed by atoms with van der Waals surface area (Å²) in [5.74, 6) is 0.544. The van der Waals surface area contributed by atoms with E-state index in [1.165, 1.54) is 11.8 Å². The van der Waals surface area contributed by atoms with E-state index in [-0.39, 0.29) is 5.56 Å². The second-order valence-corrected chi connectivity index (χ2v) is 4.77. The lowest BCUT2D eigenvalue weighted by Gasteiger charge is -2.27. The molecule has 0 radical (unpaired) electrons. The van der Waals surface area contributed by atoms with E-state index >= 15 is 0 Å². The predicted molar refractivity (Wildman–Crippen MR) is 66.3 cm³/mol. The van der Waals surface area contributed by atoms with Gasteiger partial charge in [0.05, 0.1) is 5.69 Å². The average Bonchev–Trinajstić information content (AvgIpc) is 2.31. The molecule has 2 N–H and O–H groups in total. The number of hydrogen-bond acceptors (Lipinski definition) is 4. The lowest BCUT2D eigenvalue weighted by molar-refractivity contribution is 0.929. The fourth-order valence-corrected chi connectivity index (χ4v) is 2.95. The molecule has 0 atom stereocenters. The summed E-state index contributed by atoms with van der Waals surface area (Å²) in [6.45, 7) is 0. The highest BCUT2D eigenvalue weighted by Gasteiger charge is 2.23. The maximum atomic E-state index is 11.7. The minimum absolute atomic E-state index is 0.352. The van der Waals surface area contributed by atoms with Crippen molar-refractivity contribution in [2.75, 3.05) is 11.9 Å². The lowest BCUT2D eigenvalue weighted by atomic mass is 10.3. The van der Waals surface area contributed by atoms with Crippen LogP contribution < -0.4 is 16.1 Å². The molecule has 0 bridgehead atoms. The van der Waals surface area contributed by atoms with Crippen molar-refractivity contribution in [1.29, 1.82) is 0 Å². The van der Waals surface area contributed by atoms with Crippen molar-refractivity contribution in [3.8, 4) is 0 Å². The molecule has 2 aromatic rings. The maximum Gasteiger partial charge on any atom is 0.327 e. The van der Waals surface area contributed by atoms with Crippen LogP contribution in [0.2, 0.25) is 0 Å². The van der Waals surface area contributed by atoms with Gasteiger partial charge < -0.3 is 4.90 Å². The third kappa shape index (κ3) is 1.49. The maximum absolute atomic E-state index is 11.7. The molecule has 5 nitrogen and oxygen atoms in total. The quantitative estimate of drug-likeness (QED) is 0.736. The summed E-state index contributed by atoms with van der Waals surface area (Å²) in [5, 5.41) is 0. The molecular formula is C11H9N3O2S. The predicted octanol–water partition coefficient (Wildman–Crippen LogP) is 1.30. The highest BCUT2D eigenvalue weighted by atomic mass is 32.2. The highest BCUT2D eigenvalue weighted by Crippen LogP contribution is 2.43. The molecule has 1 aromatic carbocycles. The average molecular weight is 247 g/mol. The molecular weight excluding hydrogens is 238 g/mol. The molecule has 17 heavy (non-hydrogen) atoms. The molecule has 3 rings (SSSR count). The van der Waals surface area contributed by atoms with E-state index in [1.54, 1.807) is 0 Å². The summed E-state index contributed by atoms with van der Waals surface area (Å²) < 4.78 is 0. The van der Waals surface area contributed by atoms with Crippen LogP contribution in [0.1, 0.15) is 0 Å². The van der Waals surface area contributed by atoms with Crippen LogP contribution in [0.4, 0.5) is 11.5 Å². The number of aromatic amines is 2. The Morgan fingerprint density at radius 2 is 1.94 bits per heavy atom. The van der Waals surface area contributed by atoms with Crippen molar-refractivity contribution in [1.82, 2.24) is 9.97 Å². The normalized spacial score (nSPS) is 13.1. The Bertz CT molecular complexity index is 704. The molecule has 0 amide bonds. The van der Waals surface area contributed by atoms with Crippen LogP contribution in [0.15, 0.2) is 43.6 Å². The van der Waals surface area contributed by atoms with E-state index in [0.717, 1.165) is 10.6 Å². The van der Waals surface area contributed by atoms with Gasteiger partial charge in [-0.05, 0) is 12.1 Å². The second-order valence-electron chi connectivity index (χ2n) is 3.71.